The minimum atomic E-state index is -1.06. The summed E-state index contributed by atoms with van der Waals surface area (Å²) >= 11 is 0. The molecule has 1 unspecified atom stereocenters. The Morgan fingerprint density at radius 2 is 1.73 bits per heavy atom. The summed E-state index contributed by atoms with van der Waals surface area (Å²) < 4.78 is 5.58. The fourth-order valence-electron chi connectivity index (χ4n) is 3.53. The third-order valence-corrected chi connectivity index (χ3v) is 5.76. The molecule has 4 atom stereocenters. The number of aliphatic hydroxyl groups excluding tert-OH is 2. The molecule has 1 aliphatic carbocycles. The molecule has 0 radical (unpaired) electrons. The first-order valence-corrected chi connectivity index (χ1v) is 9.90. The van der Waals surface area contributed by atoms with E-state index in [4.69, 9.17) is 9.84 Å². The van der Waals surface area contributed by atoms with Crippen molar-refractivity contribution in [3.8, 4) is 0 Å². The number of hydrogen-bond donors (Lipinski definition) is 3. The van der Waals surface area contributed by atoms with E-state index < -0.39 is 23.6 Å². The van der Waals surface area contributed by atoms with Crippen LogP contribution in [0.4, 0.5) is 0 Å². The van der Waals surface area contributed by atoms with Gasteiger partial charge in [-0.05, 0) is 57.8 Å². The van der Waals surface area contributed by atoms with Gasteiger partial charge < -0.3 is 20.1 Å². The van der Waals surface area contributed by atoms with Crippen LogP contribution in [0.2, 0.25) is 0 Å². The highest BCUT2D eigenvalue weighted by atomic mass is 16.5. The molecule has 26 heavy (non-hydrogen) atoms. The smallest absolute Gasteiger partial charge is 0.311 e. The molecule has 0 aromatic rings. The van der Waals surface area contributed by atoms with E-state index in [2.05, 4.69) is 0 Å². The van der Waals surface area contributed by atoms with Crippen LogP contribution in [0, 0.1) is 17.3 Å². The number of carbonyl (C=O) groups excluding carboxylic acids is 1. The van der Waals surface area contributed by atoms with Gasteiger partial charge in [0.25, 0.3) is 0 Å². The first-order chi connectivity index (χ1) is 12.2. The summed E-state index contributed by atoms with van der Waals surface area (Å²) in [5, 5.41) is 28.4. The molecule has 0 heterocycles. The summed E-state index contributed by atoms with van der Waals surface area (Å²) in [5.41, 5.74) is -0.458. The topological polar surface area (TPSA) is 104 Å². The van der Waals surface area contributed by atoms with Gasteiger partial charge in [0.2, 0.25) is 0 Å². The summed E-state index contributed by atoms with van der Waals surface area (Å²) in [4.78, 5) is 22.8. The van der Waals surface area contributed by atoms with Crippen LogP contribution in [0.5, 0.6) is 0 Å². The van der Waals surface area contributed by atoms with E-state index in [-0.39, 0.29) is 18.8 Å². The number of carboxylic acid groups (broad SMARTS) is 1. The van der Waals surface area contributed by atoms with Gasteiger partial charge in [-0.2, -0.15) is 0 Å². The van der Waals surface area contributed by atoms with E-state index in [1.165, 1.54) is 0 Å². The molecule has 1 saturated carbocycles. The van der Waals surface area contributed by atoms with Gasteiger partial charge in [-0.3, -0.25) is 9.59 Å². The molecule has 1 rings (SSSR count). The molecule has 0 saturated heterocycles. The van der Waals surface area contributed by atoms with Crippen LogP contribution in [0.1, 0.15) is 78.6 Å². The second-order valence-electron chi connectivity index (χ2n) is 8.36. The zero-order chi connectivity index (χ0) is 19.7. The number of hydrogen-bond acceptors (Lipinski definition) is 5. The first-order valence-electron chi connectivity index (χ1n) is 9.90. The van der Waals surface area contributed by atoms with Crippen molar-refractivity contribution < 1.29 is 29.6 Å². The molecule has 0 aromatic heterocycles. The Labute approximate surface area is 156 Å². The van der Waals surface area contributed by atoms with Gasteiger partial charge in [0.05, 0.1) is 30.7 Å². The maximum absolute atomic E-state index is 12.2. The lowest BCUT2D eigenvalue weighted by molar-refractivity contribution is -0.156. The van der Waals surface area contributed by atoms with Crippen LogP contribution in [0.3, 0.4) is 0 Å². The van der Waals surface area contributed by atoms with Crippen LogP contribution in [-0.4, -0.2) is 46.1 Å². The minimum Gasteiger partial charge on any atom is -0.481 e. The molecule has 6 heteroatoms. The van der Waals surface area contributed by atoms with Crippen molar-refractivity contribution in [3.63, 3.8) is 0 Å². The van der Waals surface area contributed by atoms with Gasteiger partial charge in [0.15, 0.2) is 0 Å². The van der Waals surface area contributed by atoms with Crippen molar-refractivity contribution in [1.29, 1.82) is 0 Å². The number of carbonyl (C=O) groups is 2. The van der Waals surface area contributed by atoms with Crippen LogP contribution < -0.4 is 0 Å². The quantitative estimate of drug-likeness (QED) is 0.481. The van der Waals surface area contributed by atoms with Crippen molar-refractivity contribution in [2.75, 3.05) is 6.61 Å². The average molecular weight is 373 g/mol. The van der Waals surface area contributed by atoms with Gasteiger partial charge >= 0.3 is 11.9 Å². The van der Waals surface area contributed by atoms with E-state index in [1.807, 2.05) is 20.8 Å². The van der Waals surface area contributed by atoms with Crippen molar-refractivity contribution in [3.05, 3.63) is 0 Å². The largest absolute Gasteiger partial charge is 0.481 e. The van der Waals surface area contributed by atoms with Crippen LogP contribution in [0.15, 0.2) is 0 Å². The number of aliphatic carboxylic acids is 1. The van der Waals surface area contributed by atoms with Crippen molar-refractivity contribution in [2.24, 2.45) is 17.3 Å². The number of ether oxygens (including phenoxy) is 1. The molecule has 0 spiro atoms. The lowest BCUT2D eigenvalue weighted by Crippen LogP contribution is -2.31. The highest BCUT2D eigenvalue weighted by Crippen LogP contribution is 2.34. The summed E-state index contributed by atoms with van der Waals surface area (Å²) in [6.45, 7) is 6.20. The van der Waals surface area contributed by atoms with E-state index in [9.17, 15) is 19.8 Å². The first kappa shape index (κ1) is 22.9. The monoisotopic (exact) mass is 372 g/mol. The summed E-state index contributed by atoms with van der Waals surface area (Å²) in [5.74, 6) is -0.501. The molecular weight excluding hydrogens is 336 g/mol. The zero-order valence-corrected chi connectivity index (χ0v) is 16.4. The summed E-state index contributed by atoms with van der Waals surface area (Å²) in [7, 11) is 0. The molecule has 152 valence electrons. The summed E-state index contributed by atoms with van der Waals surface area (Å²) in [6, 6.07) is 0. The van der Waals surface area contributed by atoms with Crippen molar-refractivity contribution >= 4 is 11.9 Å². The van der Waals surface area contributed by atoms with Gasteiger partial charge in [-0.1, -0.05) is 26.2 Å². The molecule has 0 aliphatic heterocycles. The van der Waals surface area contributed by atoms with E-state index in [1.54, 1.807) is 0 Å². The highest BCUT2D eigenvalue weighted by molar-refractivity contribution is 5.75. The Hall–Kier alpha value is -1.14. The minimum absolute atomic E-state index is 0.0867. The molecule has 0 bridgehead atoms. The van der Waals surface area contributed by atoms with Gasteiger partial charge in [-0.15, -0.1) is 0 Å². The molecule has 1 fully saturated rings. The van der Waals surface area contributed by atoms with Crippen molar-refractivity contribution in [1.82, 2.24) is 0 Å². The Balaban J connectivity index is 2.43. The Bertz CT molecular complexity index is 448. The third kappa shape index (κ3) is 8.04. The van der Waals surface area contributed by atoms with Gasteiger partial charge in [0.1, 0.15) is 0 Å². The highest BCUT2D eigenvalue weighted by Gasteiger charge is 2.31. The van der Waals surface area contributed by atoms with E-state index in [0.717, 1.165) is 38.5 Å². The maximum Gasteiger partial charge on any atom is 0.311 e. The lowest BCUT2D eigenvalue weighted by Gasteiger charge is -2.33. The molecule has 0 amide bonds. The number of rotatable bonds is 11. The lowest BCUT2D eigenvalue weighted by atomic mass is 9.76. The van der Waals surface area contributed by atoms with E-state index in [0.29, 0.717) is 24.9 Å². The standard InChI is InChI=1S/C20H36O6/c1-4-20(2,3)19(25)26-13-15-8-6-5-7-14(15)9-10-16(21)11-17(22)12-18(23)24/h14-17,21-22H,4-13H2,1-3H3,(H,23,24)/t14-,15-,16?,17-/m1/s1. The molecule has 6 nitrogen and oxygen atoms in total. The Morgan fingerprint density at radius 3 is 2.31 bits per heavy atom. The van der Waals surface area contributed by atoms with Crippen molar-refractivity contribution in [2.45, 2.75) is 90.8 Å². The normalized spacial score (nSPS) is 23.3. The Kier molecular flexibility index (Phi) is 9.58. The Morgan fingerprint density at radius 1 is 1.12 bits per heavy atom. The van der Waals surface area contributed by atoms with E-state index >= 15 is 0 Å². The van der Waals surface area contributed by atoms with Gasteiger partial charge in [-0.25, -0.2) is 0 Å². The fraction of sp³-hybridized carbons (Fsp3) is 0.900. The second-order valence-corrected chi connectivity index (χ2v) is 8.36. The summed E-state index contributed by atoms with van der Waals surface area (Å²) in [6.07, 6.45) is 4.48. The number of carboxylic acids is 1. The zero-order valence-electron chi connectivity index (χ0n) is 16.4. The second kappa shape index (κ2) is 10.9. The predicted octanol–water partition coefficient (Wildman–Crippen LogP) is 3.14. The third-order valence-electron chi connectivity index (χ3n) is 5.76. The van der Waals surface area contributed by atoms with Gasteiger partial charge in [0, 0.05) is 0 Å². The van der Waals surface area contributed by atoms with Crippen LogP contribution in [0.25, 0.3) is 0 Å². The number of aliphatic hydroxyl groups is 2. The average Bonchev–Trinajstić information content (AvgIpc) is 2.57. The maximum atomic E-state index is 12.2. The SMILES string of the molecule is CCC(C)(C)C(=O)OC[C@H]1CCCC[C@@H]1CCC(O)C[C@@H](O)CC(=O)O. The number of esters is 1. The van der Waals surface area contributed by atoms with Crippen LogP contribution >= 0.6 is 0 Å². The predicted molar refractivity (Wildman–Crippen MR) is 98.6 cm³/mol. The molecule has 3 N–H and O–H groups in total. The fourth-order valence-corrected chi connectivity index (χ4v) is 3.53. The van der Waals surface area contributed by atoms with Crippen LogP contribution in [-0.2, 0) is 14.3 Å². The molecule has 1 aliphatic rings. The molecular formula is C20H36O6. The molecule has 0 aromatic carbocycles.